The highest BCUT2D eigenvalue weighted by atomic mass is 15.4. The van der Waals surface area contributed by atoms with Crippen LogP contribution >= 0.6 is 0 Å². The quantitative estimate of drug-likeness (QED) is 0.710. The molecule has 0 radical (unpaired) electrons. The van der Waals surface area contributed by atoms with E-state index in [1.165, 1.54) is 25.8 Å². The van der Waals surface area contributed by atoms with E-state index in [2.05, 4.69) is 47.5 Å². The number of hydrogen-bond donors (Lipinski definition) is 1. The van der Waals surface area contributed by atoms with Crippen molar-refractivity contribution < 1.29 is 0 Å². The second-order valence-corrected chi connectivity index (χ2v) is 6.20. The van der Waals surface area contributed by atoms with Crippen LogP contribution in [0, 0.1) is 5.92 Å². The molecule has 1 fully saturated rings. The standard InChI is InChI=1S/C15H29N5/c1-4-16-11-14-12-20(18-17-14)10-9-19(15-5-6-15)8-7-13(2)3/h12-13,15-16H,4-11H2,1-3H3. The van der Waals surface area contributed by atoms with Gasteiger partial charge in [-0.1, -0.05) is 26.0 Å². The van der Waals surface area contributed by atoms with Gasteiger partial charge in [-0.15, -0.1) is 5.10 Å². The Hall–Kier alpha value is -0.940. The molecule has 0 atom stereocenters. The van der Waals surface area contributed by atoms with Crippen molar-refractivity contribution in [3.05, 3.63) is 11.9 Å². The Labute approximate surface area is 122 Å². The molecule has 0 spiro atoms. The van der Waals surface area contributed by atoms with Gasteiger partial charge in [0, 0.05) is 25.3 Å². The summed E-state index contributed by atoms with van der Waals surface area (Å²) in [5, 5.41) is 11.7. The Kier molecular flexibility index (Phi) is 5.98. The van der Waals surface area contributed by atoms with Crippen molar-refractivity contribution in [2.24, 2.45) is 5.92 Å². The number of hydrogen-bond acceptors (Lipinski definition) is 4. The van der Waals surface area contributed by atoms with E-state index < -0.39 is 0 Å². The Bertz CT molecular complexity index is 383. The lowest BCUT2D eigenvalue weighted by atomic mass is 10.1. The van der Waals surface area contributed by atoms with E-state index in [9.17, 15) is 0 Å². The molecule has 0 unspecified atom stereocenters. The minimum absolute atomic E-state index is 0.786. The molecule has 0 amide bonds. The average molecular weight is 279 g/mol. The summed E-state index contributed by atoms with van der Waals surface area (Å²) in [6.07, 6.45) is 6.11. The van der Waals surface area contributed by atoms with Gasteiger partial charge in [-0.25, -0.2) is 0 Å². The lowest BCUT2D eigenvalue weighted by molar-refractivity contribution is 0.234. The van der Waals surface area contributed by atoms with E-state index in [1.807, 2.05) is 4.68 Å². The van der Waals surface area contributed by atoms with Gasteiger partial charge in [0.25, 0.3) is 0 Å². The van der Waals surface area contributed by atoms with Gasteiger partial charge >= 0.3 is 0 Å². The van der Waals surface area contributed by atoms with Gasteiger partial charge in [0.15, 0.2) is 0 Å². The molecule has 1 aliphatic carbocycles. The molecule has 2 rings (SSSR count). The van der Waals surface area contributed by atoms with Crippen LogP contribution in [0.15, 0.2) is 6.20 Å². The van der Waals surface area contributed by atoms with Gasteiger partial charge in [0.1, 0.15) is 0 Å². The lowest BCUT2D eigenvalue weighted by Gasteiger charge is -2.22. The summed E-state index contributed by atoms with van der Waals surface area (Å²) in [6.45, 7) is 11.8. The first-order valence-electron chi connectivity index (χ1n) is 8.02. The second-order valence-electron chi connectivity index (χ2n) is 6.20. The molecule has 5 nitrogen and oxygen atoms in total. The molecule has 1 heterocycles. The molecule has 0 saturated heterocycles. The van der Waals surface area contributed by atoms with Gasteiger partial charge in [-0.05, 0) is 38.3 Å². The highest BCUT2D eigenvalue weighted by Gasteiger charge is 2.28. The van der Waals surface area contributed by atoms with E-state index >= 15 is 0 Å². The highest BCUT2D eigenvalue weighted by Crippen LogP contribution is 2.27. The largest absolute Gasteiger partial charge is 0.311 e. The molecule has 1 saturated carbocycles. The average Bonchev–Trinajstić information content (AvgIpc) is 3.16. The molecule has 0 bridgehead atoms. The molecule has 1 aliphatic rings. The van der Waals surface area contributed by atoms with Crippen LogP contribution < -0.4 is 5.32 Å². The SMILES string of the molecule is CCNCc1cn(CCN(CCC(C)C)C2CC2)nn1. The van der Waals surface area contributed by atoms with Gasteiger partial charge in [-0.3, -0.25) is 9.58 Å². The molecule has 5 heteroatoms. The maximum Gasteiger partial charge on any atom is 0.0964 e. The van der Waals surface area contributed by atoms with E-state index in [0.29, 0.717) is 0 Å². The Morgan fingerprint density at radius 1 is 1.40 bits per heavy atom. The second kappa shape index (κ2) is 7.74. The van der Waals surface area contributed by atoms with Crippen molar-refractivity contribution in [2.45, 2.75) is 59.2 Å². The van der Waals surface area contributed by atoms with Crippen molar-refractivity contribution in [3.8, 4) is 0 Å². The van der Waals surface area contributed by atoms with Crippen molar-refractivity contribution in [1.29, 1.82) is 0 Å². The third-order valence-electron chi connectivity index (χ3n) is 3.82. The molecule has 1 N–H and O–H groups in total. The molecular weight excluding hydrogens is 250 g/mol. The first kappa shape index (κ1) is 15.4. The van der Waals surface area contributed by atoms with Crippen LogP contribution in [0.2, 0.25) is 0 Å². The van der Waals surface area contributed by atoms with Crippen LogP contribution in [0.4, 0.5) is 0 Å². The van der Waals surface area contributed by atoms with E-state index in [1.54, 1.807) is 0 Å². The van der Waals surface area contributed by atoms with Crippen LogP contribution in [-0.2, 0) is 13.1 Å². The van der Waals surface area contributed by atoms with Gasteiger partial charge in [-0.2, -0.15) is 0 Å². The first-order valence-corrected chi connectivity index (χ1v) is 8.02. The fourth-order valence-electron chi connectivity index (χ4n) is 2.35. The molecule has 0 aliphatic heterocycles. The van der Waals surface area contributed by atoms with Crippen molar-refractivity contribution in [2.75, 3.05) is 19.6 Å². The normalized spacial score (nSPS) is 15.4. The zero-order chi connectivity index (χ0) is 14.4. The van der Waals surface area contributed by atoms with Crippen molar-refractivity contribution in [3.63, 3.8) is 0 Å². The Balaban J connectivity index is 1.75. The number of nitrogens with zero attached hydrogens (tertiary/aromatic N) is 4. The van der Waals surface area contributed by atoms with Crippen LogP contribution in [-0.4, -0.2) is 45.6 Å². The summed E-state index contributed by atoms with van der Waals surface area (Å²) < 4.78 is 1.98. The van der Waals surface area contributed by atoms with E-state index in [4.69, 9.17) is 0 Å². The maximum absolute atomic E-state index is 4.22. The summed E-state index contributed by atoms with van der Waals surface area (Å²) in [5.41, 5.74) is 1.03. The molecule has 114 valence electrons. The summed E-state index contributed by atoms with van der Waals surface area (Å²) in [5.74, 6) is 0.786. The third-order valence-corrected chi connectivity index (χ3v) is 3.82. The molecular formula is C15H29N5. The smallest absolute Gasteiger partial charge is 0.0964 e. The van der Waals surface area contributed by atoms with E-state index in [0.717, 1.165) is 43.8 Å². The first-order chi connectivity index (χ1) is 9.69. The molecule has 1 aromatic rings. The summed E-state index contributed by atoms with van der Waals surface area (Å²) in [6, 6.07) is 0.832. The lowest BCUT2D eigenvalue weighted by Crippen LogP contribution is -2.31. The third kappa shape index (κ3) is 5.21. The van der Waals surface area contributed by atoms with Crippen molar-refractivity contribution >= 4 is 0 Å². The van der Waals surface area contributed by atoms with Crippen LogP contribution in [0.5, 0.6) is 0 Å². The summed E-state index contributed by atoms with van der Waals surface area (Å²) in [4.78, 5) is 2.63. The minimum Gasteiger partial charge on any atom is -0.311 e. The highest BCUT2D eigenvalue weighted by molar-refractivity contribution is 4.91. The fourth-order valence-corrected chi connectivity index (χ4v) is 2.35. The Morgan fingerprint density at radius 3 is 2.85 bits per heavy atom. The summed E-state index contributed by atoms with van der Waals surface area (Å²) in [7, 11) is 0. The predicted molar refractivity (Wildman–Crippen MR) is 81.5 cm³/mol. The predicted octanol–water partition coefficient (Wildman–Crippen LogP) is 1.90. The number of rotatable bonds is 10. The summed E-state index contributed by atoms with van der Waals surface area (Å²) >= 11 is 0. The minimum atomic E-state index is 0.786. The molecule has 1 aromatic heterocycles. The van der Waals surface area contributed by atoms with Crippen LogP contribution in [0.1, 0.15) is 45.7 Å². The monoisotopic (exact) mass is 279 g/mol. The van der Waals surface area contributed by atoms with E-state index in [-0.39, 0.29) is 0 Å². The fraction of sp³-hybridized carbons (Fsp3) is 0.867. The Morgan fingerprint density at radius 2 is 2.20 bits per heavy atom. The van der Waals surface area contributed by atoms with Gasteiger partial charge in [0.05, 0.1) is 12.2 Å². The number of nitrogens with one attached hydrogen (secondary N) is 1. The van der Waals surface area contributed by atoms with Crippen LogP contribution in [0.25, 0.3) is 0 Å². The van der Waals surface area contributed by atoms with Crippen molar-refractivity contribution in [1.82, 2.24) is 25.2 Å². The maximum atomic E-state index is 4.22. The molecule has 20 heavy (non-hydrogen) atoms. The van der Waals surface area contributed by atoms with Gasteiger partial charge in [0.2, 0.25) is 0 Å². The zero-order valence-electron chi connectivity index (χ0n) is 13.2. The zero-order valence-corrected chi connectivity index (χ0v) is 13.2. The van der Waals surface area contributed by atoms with Gasteiger partial charge < -0.3 is 5.32 Å². The topological polar surface area (TPSA) is 46.0 Å². The number of aromatic nitrogens is 3. The van der Waals surface area contributed by atoms with Crippen LogP contribution in [0.3, 0.4) is 0 Å². The molecule has 0 aromatic carbocycles.